The SMILES string of the molecule is CC(C)(C)NC(=O)CN1CCN(C(=O)c2ccc(S(=O)(=O)NC[C@H]3CCCO3)cc2)CC1. The number of hydrogen-bond donors (Lipinski definition) is 2. The summed E-state index contributed by atoms with van der Waals surface area (Å²) in [6.45, 7) is 9.32. The Hall–Kier alpha value is -2.01. The first-order chi connectivity index (χ1) is 15.0. The van der Waals surface area contributed by atoms with E-state index in [-0.39, 0.29) is 34.9 Å². The average Bonchev–Trinajstić information content (AvgIpc) is 3.25. The van der Waals surface area contributed by atoms with Gasteiger partial charge in [-0.1, -0.05) is 0 Å². The standard InChI is InChI=1S/C22H34N4O5S/c1-22(2,3)24-20(27)16-25-10-12-26(13-11-25)21(28)17-6-8-19(9-7-17)32(29,30)23-15-18-5-4-14-31-18/h6-9,18,23H,4-5,10-16H2,1-3H3,(H,24,27)/t18-/m1/s1. The number of carbonyl (C=O) groups is 2. The van der Waals surface area contributed by atoms with Gasteiger partial charge in [0.2, 0.25) is 15.9 Å². The first kappa shape index (κ1) is 24.6. The maximum absolute atomic E-state index is 12.8. The summed E-state index contributed by atoms with van der Waals surface area (Å²) in [5, 5.41) is 2.95. The smallest absolute Gasteiger partial charge is 0.253 e. The van der Waals surface area contributed by atoms with Crippen LogP contribution in [-0.4, -0.2) is 87.6 Å². The molecule has 0 bridgehead atoms. The quantitative estimate of drug-likeness (QED) is 0.616. The summed E-state index contributed by atoms with van der Waals surface area (Å²) in [4.78, 5) is 28.8. The molecule has 2 saturated heterocycles. The fourth-order valence-electron chi connectivity index (χ4n) is 3.82. The maximum Gasteiger partial charge on any atom is 0.253 e. The monoisotopic (exact) mass is 466 g/mol. The van der Waals surface area contributed by atoms with Gasteiger partial charge >= 0.3 is 0 Å². The summed E-state index contributed by atoms with van der Waals surface area (Å²) in [7, 11) is -3.65. The lowest BCUT2D eigenvalue weighted by Gasteiger charge is -2.35. The first-order valence-corrected chi connectivity index (χ1v) is 12.6. The van der Waals surface area contributed by atoms with Gasteiger partial charge in [-0.3, -0.25) is 14.5 Å². The minimum Gasteiger partial charge on any atom is -0.377 e. The third-order valence-corrected chi connectivity index (χ3v) is 6.92. The molecule has 0 unspecified atom stereocenters. The number of carbonyl (C=O) groups excluding carboxylic acids is 2. The number of sulfonamides is 1. The highest BCUT2D eigenvalue weighted by Crippen LogP contribution is 2.16. The average molecular weight is 467 g/mol. The molecule has 32 heavy (non-hydrogen) atoms. The van der Waals surface area contributed by atoms with Crippen molar-refractivity contribution < 1.29 is 22.7 Å². The Balaban J connectivity index is 1.50. The second-order valence-electron chi connectivity index (χ2n) is 9.38. The molecule has 0 aliphatic carbocycles. The van der Waals surface area contributed by atoms with Gasteiger partial charge in [-0.15, -0.1) is 0 Å². The van der Waals surface area contributed by atoms with Crippen LogP contribution in [0, 0.1) is 0 Å². The molecule has 2 aliphatic rings. The largest absolute Gasteiger partial charge is 0.377 e. The minimum absolute atomic E-state index is 0.0258. The molecule has 2 heterocycles. The predicted molar refractivity (Wildman–Crippen MR) is 121 cm³/mol. The molecule has 2 amide bonds. The Morgan fingerprint density at radius 1 is 1.09 bits per heavy atom. The fraction of sp³-hybridized carbons (Fsp3) is 0.636. The second-order valence-corrected chi connectivity index (χ2v) is 11.1. The van der Waals surface area contributed by atoms with Crippen molar-refractivity contribution in [2.75, 3.05) is 45.9 Å². The Labute approximate surface area is 190 Å². The van der Waals surface area contributed by atoms with Crippen LogP contribution in [0.25, 0.3) is 0 Å². The van der Waals surface area contributed by atoms with Gasteiger partial charge in [0, 0.05) is 50.4 Å². The van der Waals surface area contributed by atoms with Crippen molar-refractivity contribution in [1.82, 2.24) is 19.8 Å². The summed E-state index contributed by atoms with van der Waals surface area (Å²) in [6.07, 6.45) is 1.72. The number of rotatable bonds is 7. The van der Waals surface area contributed by atoms with E-state index in [1.54, 1.807) is 17.0 Å². The minimum atomic E-state index is -3.65. The lowest BCUT2D eigenvalue weighted by atomic mass is 10.1. The third kappa shape index (κ3) is 6.99. The van der Waals surface area contributed by atoms with Crippen LogP contribution in [0.4, 0.5) is 0 Å². The summed E-state index contributed by atoms with van der Waals surface area (Å²) in [6, 6.07) is 6.01. The van der Waals surface area contributed by atoms with Crippen molar-refractivity contribution in [2.24, 2.45) is 0 Å². The molecule has 2 aliphatic heterocycles. The number of ether oxygens (including phenoxy) is 1. The number of piperazine rings is 1. The van der Waals surface area contributed by atoms with Crippen LogP contribution in [-0.2, 0) is 19.6 Å². The molecule has 9 nitrogen and oxygen atoms in total. The van der Waals surface area contributed by atoms with Crippen molar-refractivity contribution in [3.63, 3.8) is 0 Å². The molecule has 0 radical (unpaired) electrons. The zero-order valence-electron chi connectivity index (χ0n) is 19.1. The number of nitrogens with zero attached hydrogens (tertiary/aromatic N) is 2. The number of nitrogens with one attached hydrogen (secondary N) is 2. The normalized spacial score (nSPS) is 20.3. The Kier molecular flexibility index (Phi) is 7.92. The van der Waals surface area contributed by atoms with Crippen LogP contribution >= 0.6 is 0 Å². The number of hydrogen-bond acceptors (Lipinski definition) is 6. The highest BCUT2D eigenvalue weighted by atomic mass is 32.2. The topological polar surface area (TPSA) is 108 Å². The molecule has 178 valence electrons. The van der Waals surface area contributed by atoms with Gasteiger partial charge in [-0.2, -0.15) is 0 Å². The van der Waals surface area contributed by atoms with Gasteiger partial charge in [0.05, 0.1) is 17.5 Å². The second kappa shape index (κ2) is 10.3. The van der Waals surface area contributed by atoms with Gasteiger partial charge in [-0.05, 0) is 57.9 Å². The first-order valence-electron chi connectivity index (χ1n) is 11.1. The molecule has 1 aromatic rings. The summed E-state index contributed by atoms with van der Waals surface area (Å²) < 4.78 is 33.0. The molecule has 2 N–H and O–H groups in total. The molecule has 0 spiro atoms. The van der Waals surface area contributed by atoms with E-state index in [9.17, 15) is 18.0 Å². The number of amides is 2. The van der Waals surface area contributed by atoms with E-state index < -0.39 is 10.0 Å². The molecule has 0 aromatic heterocycles. The van der Waals surface area contributed by atoms with E-state index in [1.807, 2.05) is 25.7 Å². The van der Waals surface area contributed by atoms with E-state index in [0.717, 1.165) is 12.8 Å². The molecular formula is C22H34N4O5S. The van der Waals surface area contributed by atoms with Gasteiger partial charge in [0.25, 0.3) is 5.91 Å². The van der Waals surface area contributed by atoms with Crippen LogP contribution in [0.2, 0.25) is 0 Å². The van der Waals surface area contributed by atoms with Crippen molar-refractivity contribution in [2.45, 2.75) is 50.2 Å². The van der Waals surface area contributed by atoms with E-state index >= 15 is 0 Å². The highest BCUT2D eigenvalue weighted by Gasteiger charge is 2.25. The molecule has 1 aromatic carbocycles. The van der Waals surface area contributed by atoms with E-state index in [2.05, 4.69) is 10.0 Å². The highest BCUT2D eigenvalue weighted by molar-refractivity contribution is 7.89. The van der Waals surface area contributed by atoms with E-state index in [4.69, 9.17) is 4.74 Å². The van der Waals surface area contributed by atoms with Crippen LogP contribution in [0.3, 0.4) is 0 Å². The van der Waals surface area contributed by atoms with Crippen LogP contribution in [0.1, 0.15) is 44.0 Å². The molecule has 3 rings (SSSR count). The molecular weight excluding hydrogens is 432 g/mol. The summed E-state index contributed by atoms with van der Waals surface area (Å²) in [5.41, 5.74) is 0.177. The van der Waals surface area contributed by atoms with Gasteiger partial charge in [-0.25, -0.2) is 13.1 Å². The lowest BCUT2D eigenvalue weighted by molar-refractivity contribution is -0.124. The van der Waals surface area contributed by atoms with E-state index in [1.165, 1.54) is 12.1 Å². The van der Waals surface area contributed by atoms with Gasteiger partial charge in [0.1, 0.15) is 0 Å². The Morgan fingerprint density at radius 2 is 1.75 bits per heavy atom. The van der Waals surface area contributed by atoms with Crippen molar-refractivity contribution in [3.05, 3.63) is 29.8 Å². The van der Waals surface area contributed by atoms with Crippen molar-refractivity contribution in [1.29, 1.82) is 0 Å². The third-order valence-electron chi connectivity index (χ3n) is 5.48. The molecule has 0 saturated carbocycles. The maximum atomic E-state index is 12.8. The van der Waals surface area contributed by atoms with Crippen molar-refractivity contribution >= 4 is 21.8 Å². The van der Waals surface area contributed by atoms with E-state index in [0.29, 0.717) is 44.9 Å². The summed E-state index contributed by atoms with van der Waals surface area (Å²) >= 11 is 0. The molecule has 1 atom stereocenters. The van der Waals surface area contributed by atoms with Crippen LogP contribution in [0.5, 0.6) is 0 Å². The molecule has 2 fully saturated rings. The fourth-order valence-corrected chi connectivity index (χ4v) is 4.89. The van der Waals surface area contributed by atoms with Gasteiger partial charge in [0.15, 0.2) is 0 Å². The van der Waals surface area contributed by atoms with Gasteiger partial charge < -0.3 is 15.0 Å². The zero-order chi connectivity index (χ0) is 23.4. The Morgan fingerprint density at radius 3 is 2.31 bits per heavy atom. The lowest BCUT2D eigenvalue weighted by Crippen LogP contribution is -2.52. The number of benzene rings is 1. The van der Waals surface area contributed by atoms with Crippen LogP contribution in [0.15, 0.2) is 29.2 Å². The van der Waals surface area contributed by atoms with Crippen LogP contribution < -0.4 is 10.0 Å². The Bertz CT molecular complexity index is 897. The summed E-state index contributed by atoms with van der Waals surface area (Å²) in [5.74, 6) is -0.165. The predicted octanol–water partition coefficient (Wildman–Crippen LogP) is 0.816. The molecule has 10 heteroatoms. The van der Waals surface area contributed by atoms with Crippen molar-refractivity contribution in [3.8, 4) is 0 Å². The zero-order valence-corrected chi connectivity index (χ0v) is 19.9.